The number of pyridine rings is 1. The van der Waals surface area contributed by atoms with Crippen molar-refractivity contribution in [2.24, 2.45) is 14.1 Å². The summed E-state index contributed by atoms with van der Waals surface area (Å²) in [6.45, 7) is 3.62. The van der Waals surface area contributed by atoms with E-state index in [-0.39, 0.29) is 11.5 Å². The van der Waals surface area contributed by atoms with Crippen molar-refractivity contribution in [2.75, 3.05) is 0 Å². The Morgan fingerprint density at radius 1 is 1.17 bits per heavy atom. The minimum absolute atomic E-state index is 0.177. The monoisotopic (exact) mass is 465 g/mol. The van der Waals surface area contributed by atoms with Crippen molar-refractivity contribution in [1.82, 2.24) is 34.3 Å². The van der Waals surface area contributed by atoms with Crippen LogP contribution in [0.3, 0.4) is 0 Å². The minimum atomic E-state index is -0.437. The van der Waals surface area contributed by atoms with Crippen molar-refractivity contribution in [3.63, 3.8) is 0 Å². The molecule has 9 nitrogen and oxygen atoms in total. The lowest BCUT2D eigenvalue weighted by atomic mass is 10.0. The van der Waals surface area contributed by atoms with Crippen LogP contribution >= 0.6 is 0 Å². The number of nitrogens with zero attached hydrogens (tertiary/aromatic N) is 6. The van der Waals surface area contributed by atoms with E-state index in [4.69, 9.17) is 0 Å². The first-order valence-corrected chi connectivity index (χ1v) is 11.1. The van der Waals surface area contributed by atoms with Crippen LogP contribution in [0.1, 0.15) is 45.8 Å². The van der Waals surface area contributed by atoms with Crippen LogP contribution in [0.25, 0.3) is 16.4 Å². The largest absolute Gasteiger partial charge is 0.344 e. The molecule has 0 fully saturated rings. The van der Waals surface area contributed by atoms with Crippen molar-refractivity contribution >= 4 is 22.3 Å². The number of rotatable bonds is 3. The molecule has 0 unspecified atom stereocenters. The molecule has 0 saturated carbocycles. The van der Waals surface area contributed by atoms with Crippen LogP contribution in [0.4, 0.5) is 0 Å². The van der Waals surface area contributed by atoms with E-state index in [2.05, 4.69) is 32.3 Å². The SMILES string of the molecule is Cc1nn2cccnc2c1C(=O)N[C@@H](C)c1cc2cccc(C#Cc3cnn(C)c3)c2c(=O)n1C. The quantitative estimate of drug-likeness (QED) is 0.413. The molecule has 4 heterocycles. The predicted molar refractivity (Wildman–Crippen MR) is 132 cm³/mol. The van der Waals surface area contributed by atoms with Crippen LogP contribution in [0.5, 0.6) is 0 Å². The Morgan fingerprint density at radius 3 is 2.77 bits per heavy atom. The summed E-state index contributed by atoms with van der Waals surface area (Å²) < 4.78 is 4.82. The first-order chi connectivity index (χ1) is 16.8. The van der Waals surface area contributed by atoms with Crippen LogP contribution in [0.2, 0.25) is 0 Å². The maximum absolute atomic E-state index is 13.4. The topological polar surface area (TPSA) is 99.1 Å². The standard InChI is InChI=1S/C26H23N7O2/c1-16(29-25(34)22-17(2)30-33-12-6-11-27-24(22)33)21-13-20-8-5-7-19(23(20)26(35)32(21)4)10-9-18-14-28-31(3)15-18/h5-8,11-16H,1-4H3,(H,29,34)/t16-/m0/s1. The van der Waals surface area contributed by atoms with Crippen LogP contribution in [-0.4, -0.2) is 34.9 Å². The molecule has 1 amide bonds. The van der Waals surface area contributed by atoms with Gasteiger partial charge >= 0.3 is 0 Å². The maximum Gasteiger partial charge on any atom is 0.259 e. The number of aromatic nitrogens is 6. The average Bonchev–Trinajstić information content (AvgIpc) is 3.41. The number of carbonyl (C=O) groups excluding carboxylic acids is 1. The van der Waals surface area contributed by atoms with E-state index in [1.165, 1.54) is 0 Å². The Labute approximate surface area is 201 Å². The molecule has 0 bridgehead atoms. The summed E-state index contributed by atoms with van der Waals surface area (Å²) >= 11 is 0. The summed E-state index contributed by atoms with van der Waals surface area (Å²) in [5.41, 5.74) is 3.39. The van der Waals surface area contributed by atoms with Gasteiger partial charge in [-0.1, -0.05) is 24.0 Å². The Hall–Kier alpha value is -4.71. The Morgan fingerprint density at radius 2 is 2.00 bits per heavy atom. The fourth-order valence-corrected chi connectivity index (χ4v) is 4.22. The highest BCUT2D eigenvalue weighted by molar-refractivity contribution is 6.01. The third kappa shape index (κ3) is 3.95. The smallest absolute Gasteiger partial charge is 0.259 e. The lowest BCUT2D eigenvalue weighted by Gasteiger charge is -2.18. The average molecular weight is 466 g/mol. The fourth-order valence-electron chi connectivity index (χ4n) is 4.22. The van der Waals surface area contributed by atoms with E-state index >= 15 is 0 Å². The van der Waals surface area contributed by atoms with Gasteiger partial charge in [0.25, 0.3) is 11.5 Å². The van der Waals surface area contributed by atoms with Gasteiger partial charge in [0.05, 0.1) is 28.9 Å². The molecule has 0 aliphatic heterocycles. The van der Waals surface area contributed by atoms with E-state index in [1.807, 2.05) is 44.4 Å². The summed E-state index contributed by atoms with van der Waals surface area (Å²) in [4.78, 5) is 30.8. The van der Waals surface area contributed by atoms with Gasteiger partial charge in [0.2, 0.25) is 0 Å². The number of nitrogens with one attached hydrogen (secondary N) is 1. The predicted octanol–water partition coefficient (Wildman–Crippen LogP) is 2.51. The zero-order valence-electron chi connectivity index (χ0n) is 19.8. The molecule has 174 valence electrons. The number of aryl methyl sites for hydroxylation is 2. The summed E-state index contributed by atoms with van der Waals surface area (Å²) in [6.07, 6.45) is 6.87. The molecule has 9 heteroatoms. The molecule has 5 rings (SSSR count). The molecule has 0 saturated heterocycles. The van der Waals surface area contributed by atoms with E-state index in [0.29, 0.717) is 33.5 Å². The third-order valence-electron chi connectivity index (χ3n) is 5.94. The van der Waals surface area contributed by atoms with Crippen molar-refractivity contribution < 1.29 is 4.79 Å². The zero-order valence-corrected chi connectivity index (χ0v) is 19.8. The van der Waals surface area contributed by atoms with Crippen molar-refractivity contribution in [2.45, 2.75) is 19.9 Å². The van der Waals surface area contributed by atoms with Crippen LogP contribution in [0, 0.1) is 18.8 Å². The minimum Gasteiger partial charge on any atom is -0.344 e. The van der Waals surface area contributed by atoms with Crippen molar-refractivity contribution in [3.05, 3.63) is 93.6 Å². The molecular formula is C26H23N7O2. The maximum atomic E-state index is 13.4. The second-order valence-electron chi connectivity index (χ2n) is 8.40. The highest BCUT2D eigenvalue weighted by atomic mass is 16.2. The molecule has 0 radical (unpaired) electrons. The van der Waals surface area contributed by atoms with Gasteiger partial charge in [0.1, 0.15) is 5.56 Å². The first kappa shape index (κ1) is 22.1. The number of amides is 1. The summed E-state index contributed by atoms with van der Waals surface area (Å²) in [5, 5.41) is 12.8. The normalized spacial score (nSPS) is 11.9. The molecular weight excluding hydrogens is 442 g/mol. The van der Waals surface area contributed by atoms with E-state index in [0.717, 1.165) is 10.9 Å². The zero-order chi connectivity index (χ0) is 24.7. The molecule has 0 aliphatic carbocycles. The Bertz CT molecular complexity index is 1730. The molecule has 0 spiro atoms. The van der Waals surface area contributed by atoms with Gasteiger partial charge < -0.3 is 9.88 Å². The molecule has 4 aromatic heterocycles. The molecule has 5 aromatic rings. The van der Waals surface area contributed by atoms with Crippen LogP contribution in [-0.2, 0) is 14.1 Å². The summed E-state index contributed by atoms with van der Waals surface area (Å²) in [6, 6.07) is 8.81. The van der Waals surface area contributed by atoms with Gasteiger partial charge in [-0.15, -0.1) is 0 Å². The second kappa shape index (κ2) is 8.57. The second-order valence-corrected chi connectivity index (χ2v) is 8.40. The number of hydrogen-bond donors (Lipinski definition) is 1. The third-order valence-corrected chi connectivity index (χ3v) is 5.94. The summed E-state index contributed by atoms with van der Waals surface area (Å²) in [7, 11) is 3.53. The van der Waals surface area contributed by atoms with Crippen LogP contribution < -0.4 is 10.9 Å². The lowest BCUT2D eigenvalue weighted by molar-refractivity contribution is 0.0939. The highest BCUT2D eigenvalue weighted by Gasteiger charge is 2.22. The summed E-state index contributed by atoms with van der Waals surface area (Å²) in [5.74, 6) is 5.87. The van der Waals surface area contributed by atoms with E-state index in [9.17, 15) is 9.59 Å². The van der Waals surface area contributed by atoms with E-state index in [1.54, 1.807) is 52.4 Å². The van der Waals surface area contributed by atoms with Crippen LogP contribution in [0.15, 0.2) is 59.9 Å². The number of benzene rings is 1. The molecule has 1 N–H and O–H groups in total. The number of fused-ring (bicyclic) bond motifs is 2. The molecule has 35 heavy (non-hydrogen) atoms. The van der Waals surface area contributed by atoms with Gasteiger partial charge in [-0.25, -0.2) is 9.50 Å². The lowest BCUT2D eigenvalue weighted by Crippen LogP contribution is -2.32. The Balaban J connectivity index is 1.51. The van der Waals surface area contributed by atoms with Gasteiger partial charge in [0, 0.05) is 43.9 Å². The molecule has 1 aromatic carbocycles. The number of carbonyl (C=O) groups is 1. The van der Waals surface area contributed by atoms with Gasteiger partial charge in [0.15, 0.2) is 5.65 Å². The first-order valence-electron chi connectivity index (χ1n) is 11.1. The highest BCUT2D eigenvalue weighted by Crippen LogP contribution is 2.21. The van der Waals surface area contributed by atoms with Gasteiger partial charge in [-0.05, 0) is 37.4 Å². The Kier molecular flexibility index (Phi) is 5.41. The molecule has 0 aliphatic rings. The molecule has 1 atom stereocenters. The van der Waals surface area contributed by atoms with Crippen molar-refractivity contribution in [1.29, 1.82) is 0 Å². The van der Waals surface area contributed by atoms with Gasteiger partial charge in [-0.3, -0.25) is 14.3 Å². The number of hydrogen-bond acceptors (Lipinski definition) is 5. The fraction of sp³-hybridized carbons (Fsp3) is 0.192. The van der Waals surface area contributed by atoms with Crippen molar-refractivity contribution in [3.8, 4) is 11.8 Å². The van der Waals surface area contributed by atoms with E-state index < -0.39 is 6.04 Å². The van der Waals surface area contributed by atoms with Gasteiger partial charge in [-0.2, -0.15) is 10.2 Å².